The molecule has 0 amide bonds. The molecule has 1 fully saturated rings. The molecule has 2 rings (SSSR count). The Labute approximate surface area is 112 Å². The summed E-state index contributed by atoms with van der Waals surface area (Å²) in [7, 11) is 1.66. The third-order valence-corrected chi connectivity index (χ3v) is 4.13. The van der Waals surface area contributed by atoms with E-state index in [9.17, 15) is 8.78 Å². The van der Waals surface area contributed by atoms with Crippen LogP contribution in [-0.4, -0.2) is 18.8 Å². The highest BCUT2D eigenvalue weighted by Gasteiger charge is 2.41. The summed E-state index contributed by atoms with van der Waals surface area (Å²) in [6.45, 7) is 0. The molecule has 0 spiro atoms. The van der Waals surface area contributed by atoms with Crippen LogP contribution in [0, 0.1) is 11.6 Å². The minimum absolute atomic E-state index is 0.181. The Morgan fingerprint density at radius 1 is 1.37 bits per heavy atom. The molecule has 3 nitrogen and oxygen atoms in total. The molecule has 1 aromatic carbocycles. The van der Waals surface area contributed by atoms with E-state index in [1.54, 1.807) is 7.11 Å². The maximum Gasteiger partial charge on any atom is 0.129 e. The Morgan fingerprint density at radius 3 is 2.58 bits per heavy atom. The van der Waals surface area contributed by atoms with Crippen molar-refractivity contribution in [3.63, 3.8) is 0 Å². The Balaban J connectivity index is 2.18. The zero-order chi connectivity index (χ0) is 13.9. The van der Waals surface area contributed by atoms with Crippen LogP contribution in [0.25, 0.3) is 0 Å². The molecule has 106 valence electrons. The van der Waals surface area contributed by atoms with Gasteiger partial charge in [0, 0.05) is 13.2 Å². The Bertz CT molecular complexity index is 433. The van der Waals surface area contributed by atoms with Crippen LogP contribution in [0.4, 0.5) is 8.78 Å². The lowest BCUT2D eigenvalue weighted by Crippen LogP contribution is -2.54. The lowest BCUT2D eigenvalue weighted by molar-refractivity contribution is -0.0357. The molecule has 0 heterocycles. The first-order valence-corrected chi connectivity index (χ1v) is 6.56. The molecule has 0 aromatic heterocycles. The highest BCUT2D eigenvalue weighted by molar-refractivity contribution is 5.21. The normalized spacial score (nSPS) is 19.6. The smallest absolute Gasteiger partial charge is 0.129 e. The number of nitrogens with one attached hydrogen (secondary N) is 1. The van der Waals surface area contributed by atoms with Gasteiger partial charge in [-0.15, -0.1) is 0 Å². The zero-order valence-corrected chi connectivity index (χ0v) is 11.1. The van der Waals surface area contributed by atoms with Gasteiger partial charge in [-0.1, -0.05) is 18.9 Å². The van der Waals surface area contributed by atoms with Crippen molar-refractivity contribution in [1.29, 1.82) is 0 Å². The van der Waals surface area contributed by atoms with E-state index in [2.05, 4.69) is 5.43 Å². The molecule has 0 saturated heterocycles. The highest BCUT2D eigenvalue weighted by Crippen LogP contribution is 2.36. The summed E-state index contributed by atoms with van der Waals surface area (Å²) < 4.78 is 32.3. The number of rotatable bonds is 5. The largest absolute Gasteiger partial charge is 0.377 e. The molecule has 1 aliphatic carbocycles. The molecule has 1 atom stereocenters. The average molecular weight is 270 g/mol. The van der Waals surface area contributed by atoms with Crippen molar-refractivity contribution >= 4 is 0 Å². The second-order valence-electron chi connectivity index (χ2n) is 5.14. The third-order valence-electron chi connectivity index (χ3n) is 4.13. The van der Waals surface area contributed by atoms with Crippen LogP contribution < -0.4 is 11.3 Å². The first kappa shape index (κ1) is 14.4. The molecule has 1 unspecified atom stereocenters. The van der Waals surface area contributed by atoms with Gasteiger partial charge in [-0.05, 0) is 30.9 Å². The van der Waals surface area contributed by atoms with Gasteiger partial charge in [0.05, 0.1) is 11.6 Å². The van der Waals surface area contributed by atoms with Gasteiger partial charge in [-0.25, -0.2) is 8.78 Å². The third kappa shape index (κ3) is 2.94. The maximum absolute atomic E-state index is 13.7. The van der Waals surface area contributed by atoms with Gasteiger partial charge in [0.15, 0.2) is 0 Å². The Kier molecular flexibility index (Phi) is 4.50. The monoisotopic (exact) mass is 270 g/mol. The van der Waals surface area contributed by atoms with E-state index in [1.807, 2.05) is 0 Å². The number of hydrogen-bond donors (Lipinski definition) is 2. The number of nitrogens with two attached hydrogens (primary N) is 1. The predicted molar refractivity (Wildman–Crippen MR) is 69.4 cm³/mol. The minimum Gasteiger partial charge on any atom is -0.377 e. The van der Waals surface area contributed by atoms with Gasteiger partial charge in [0.2, 0.25) is 0 Å². The van der Waals surface area contributed by atoms with Crippen molar-refractivity contribution in [2.75, 3.05) is 7.11 Å². The van der Waals surface area contributed by atoms with Crippen LogP contribution in [0.1, 0.15) is 31.2 Å². The van der Waals surface area contributed by atoms with Crippen LogP contribution in [0.5, 0.6) is 0 Å². The second-order valence-corrected chi connectivity index (χ2v) is 5.14. The van der Waals surface area contributed by atoms with E-state index in [0.717, 1.165) is 31.7 Å². The fourth-order valence-corrected chi connectivity index (χ4v) is 2.97. The molecule has 1 aliphatic rings. The molecule has 0 aliphatic heterocycles. The predicted octanol–water partition coefficient (Wildman–Crippen LogP) is 2.30. The Morgan fingerprint density at radius 2 is 2.05 bits per heavy atom. The maximum atomic E-state index is 13.7. The Hall–Kier alpha value is -1.04. The summed E-state index contributed by atoms with van der Waals surface area (Å²) in [5.41, 5.74) is 2.84. The van der Waals surface area contributed by atoms with E-state index in [0.29, 0.717) is 12.0 Å². The van der Waals surface area contributed by atoms with E-state index < -0.39 is 11.6 Å². The van der Waals surface area contributed by atoms with Gasteiger partial charge in [0.25, 0.3) is 0 Å². The van der Waals surface area contributed by atoms with E-state index in [4.69, 9.17) is 10.6 Å². The van der Waals surface area contributed by atoms with Crippen LogP contribution in [0.2, 0.25) is 0 Å². The zero-order valence-electron chi connectivity index (χ0n) is 11.1. The molecule has 1 saturated carbocycles. The van der Waals surface area contributed by atoms with Gasteiger partial charge in [0.1, 0.15) is 11.6 Å². The van der Waals surface area contributed by atoms with Crippen molar-refractivity contribution in [2.24, 2.45) is 5.84 Å². The summed E-state index contributed by atoms with van der Waals surface area (Å²) in [5.74, 6) is 4.51. The van der Waals surface area contributed by atoms with Crippen LogP contribution in [0.15, 0.2) is 18.2 Å². The molecular formula is C14H20F2N2O. The van der Waals surface area contributed by atoms with Crippen LogP contribution >= 0.6 is 0 Å². The number of hydrogen-bond acceptors (Lipinski definition) is 3. The van der Waals surface area contributed by atoms with Gasteiger partial charge >= 0.3 is 0 Å². The number of hydrazine groups is 1. The van der Waals surface area contributed by atoms with Crippen molar-refractivity contribution in [1.82, 2.24) is 5.43 Å². The van der Waals surface area contributed by atoms with Gasteiger partial charge in [-0.2, -0.15) is 0 Å². The molecule has 19 heavy (non-hydrogen) atoms. The standard InChI is InChI=1S/C14H20F2N2O/c1-19-14(6-2-3-7-14)13(18-17)8-10-4-5-11(15)9-12(10)16/h4-5,9,13,18H,2-3,6-8,17H2,1H3. The van der Waals surface area contributed by atoms with Crippen molar-refractivity contribution in [2.45, 2.75) is 43.7 Å². The van der Waals surface area contributed by atoms with Crippen molar-refractivity contribution < 1.29 is 13.5 Å². The SMILES string of the molecule is COC1(C(Cc2ccc(F)cc2F)NN)CCCC1. The van der Waals surface area contributed by atoms with Crippen LogP contribution in [0.3, 0.4) is 0 Å². The summed E-state index contributed by atoms with van der Waals surface area (Å²) in [6, 6.07) is 3.45. The first-order chi connectivity index (χ1) is 9.11. The lowest BCUT2D eigenvalue weighted by Gasteiger charge is -2.36. The highest BCUT2D eigenvalue weighted by atomic mass is 19.1. The molecular weight excluding hydrogens is 250 g/mol. The number of ether oxygens (including phenoxy) is 1. The molecule has 5 heteroatoms. The van der Waals surface area contributed by atoms with E-state index in [-0.39, 0.29) is 11.6 Å². The first-order valence-electron chi connectivity index (χ1n) is 6.56. The van der Waals surface area contributed by atoms with Gasteiger partial charge in [-0.3, -0.25) is 11.3 Å². The quantitative estimate of drug-likeness (QED) is 0.637. The fraction of sp³-hybridized carbons (Fsp3) is 0.571. The number of benzene rings is 1. The van der Waals surface area contributed by atoms with E-state index in [1.165, 1.54) is 12.1 Å². The molecule has 1 aromatic rings. The van der Waals surface area contributed by atoms with E-state index >= 15 is 0 Å². The van der Waals surface area contributed by atoms with Crippen molar-refractivity contribution in [3.8, 4) is 0 Å². The minimum atomic E-state index is -0.569. The molecule has 0 bridgehead atoms. The van der Waals surface area contributed by atoms with Crippen LogP contribution in [-0.2, 0) is 11.2 Å². The second kappa shape index (κ2) is 5.94. The summed E-state index contributed by atoms with van der Waals surface area (Å²) in [6.07, 6.45) is 4.36. The molecule has 3 N–H and O–H groups in total. The van der Waals surface area contributed by atoms with Crippen molar-refractivity contribution in [3.05, 3.63) is 35.4 Å². The lowest BCUT2D eigenvalue weighted by atomic mass is 9.87. The topological polar surface area (TPSA) is 47.3 Å². The number of halogens is 2. The summed E-state index contributed by atoms with van der Waals surface area (Å²) in [5, 5.41) is 0. The average Bonchev–Trinajstić information content (AvgIpc) is 2.88. The molecule has 0 radical (unpaired) electrons. The fourth-order valence-electron chi connectivity index (χ4n) is 2.97. The van der Waals surface area contributed by atoms with Gasteiger partial charge < -0.3 is 4.74 Å². The number of methoxy groups -OCH3 is 1. The summed E-state index contributed by atoms with van der Waals surface area (Å²) in [4.78, 5) is 0. The summed E-state index contributed by atoms with van der Waals surface area (Å²) >= 11 is 0.